The van der Waals surface area contributed by atoms with Crippen molar-refractivity contribution in [2.24, 2.45) is 5.73 Å². The second-order valence-electron chi connectivity index (χ2n) is 27.6. The molecule has 9 fully saturated rings. The van der Waals surface area contributed by atoms with Gasteiger partial charge in [0.05, 0.1) is 17.1 Å². The number of fused-ring (bicyclic) bond motifs is 6. The largest absolute Gasteiger partial charge is 0.351 e. The molecule has 506 valence electrons. The van der Waals surface area contributed by atoms with E-state index in [9.17, 15) is 34.8 Å². The van der Waals surface area contributed by atoms with E-state index in [1.807, 2.05) is 87.3 Å². The maximum Gasteiger partial charge on any atom is 0.250 e. The molecule has 15 rings (SSSR count). The maximum atomic E-state index is 13.6. The highest BCUT2D eigenvalue weighted by molar-refractivity contribution is 7.90. The van der Waals surface area contributed by atoms with Crippen molar-refractivity contribution in [3.8, 4) is 17.5 Å². The van der Waals surface area contributed by atoms with Crippen molar-refractivity contribution in [2.45, 2.75) is 215 Å². The van der Waals surface area contributed by atoms with Gasteiger partial charge >= 0.3 is 0 Å². The van der Waals surface area contributed by atoms with Gasteiger partial charge in [0.25, 0.3) is 5.16 Å². The van der Waals surface area contributed by atoms with Crippen molar-refractivity contribution in [3.63, 3.8) is 0 Å². The Balaban J connectivity index is 0.000000126. The Morgan fingerprint density at radius 2 is 0.828 bits per heavy atom. The molecule has 6 aromatic rings. The van der Waals surface area contributed by atoms with Gasteiger partial charge in [-0.05, 0) is 132 Å². The van der Waals surface area contributed by atoms with Crippen LogP contribution in [0.1, 0.15) is 130 Å². The van der Waals surface area contributed by atoms with E-state index in [0.29, 0.717) is 110 Å². The minimum atomic E-state index is -3.52. The van der Waals surface area contributed by atoms with Crippen LogP contribution in [0, 0.1) is 41.5 Å². The summed E-state index contributed by atoms with van der Waals surface area (Å²) in [7, 11) is 0.790. The zero-order valence-electron chi connectivity index (χ0n) is 54.7. The molecule has 5 N–H and O–H groups in total. The molecule has 6 bridgehead atoms. The summed E-state index contributed by atoms with van der Waals surface area (Å²) in [5.41, 5.74) is 11.0. The third kappa shape index (κ3) is 15.3. The second kappa shape index (κ2) is 26.1. The van der Waals surface area contributed by atoms with Crippen molar-refractivity contribution < 1.29 is 34.8 Å². The number of sulfone groups is 1. The van der Waals surface area contributed by atoms with Gasteiger partial charge in [-0.25, -0.2) is 53.8 Å². The summed E-state index contributed by atoms with van der Waals surface area (Å²) in [5, 5.41) is 23.6. The molecule has 30 heteroatoms. The first-order valence-electron chi connectivity index (χ1n) is 32.8. The van der Waals surface area contributed by atoms with Gasteiger partial charge in [-0.1, -0.05) is 0 Å². The molecule has 23 nitrogen and oxygen atoms in total. The van der Waals surface area contributed by atoms with Crippen LogP contribution in [0.3, 0.4) is 0 Å². The number of anilines is 5. The van der Waals surface area contributed by atoms with E-state index in [4.69, 9.17) is 25.7 Å². The van der Waals surface area contributed by atoms with E-state index in [1.165, 1.54) is 0 Å². The average molecular weight is 1320 g/mol. The number of likely N-dealkylation sites (tertiary alicyclic amines) is 2. The second-order valence-corrected chi connectivity index (χ2v) is 29.5. The first-order valence-corrected chi connectivity index (χ1v) is 34.7. The molecule has 12 heterocycles. The molecular weight excluding hydrogens is 1230 g/mol. The SMILES string of the molecule is Cc1cc(C)n(-c2cc(N3C[C@H]4C[C@@H]3CN4)nc(NC3CCC(F)(F)CC3)n2)n1.Cc1cc(C)n(-c2cc(N3C[C@H]4C[C@@H]3CN4C)nc(NC3CCC(F)(F)CC3)n2)n1.Cc1cc(C)n(-c2cc(N3C[C@H]4C[C@@H]3CN4C)nc(S(C)(=O)=O)n2)n1.NC1CCC(F)(F)CC1. The lowest BCUT2D eigenvalue weighted by atomic mass is 9.92. The molecular formula is C63H89F6N21O2S. The van der Waals surface area contributed by atoms with Crippen molar-refractivity contribution >= 4 is 39.2 Å². The predicted molar refractivity (Wildman–Crippen MR) is 344 cm³/mol. The van der Waals surface area contributed by atoms with Crippen LogP contribution in [-0.2, 0) is 9.84 Å². The molecule has 3 saturated carbocycles. The normalized spacial score (nSPS) is 25.8. The van der Waals surface area contributed by atoms with Gasteiger partial charge in [0.1, 0.15) is 17.5 Å². The smallest absolute Gasteiger partial charge is 0.250 e. The van der Waals surface area contributed by atoms with Crippen LogP contribution in [0.15, 0.2) is 41.6 Å². The van der Waals surface area contributed by atoms with E-state index in [0.717, 1.165) is 111 Å². The van der Waals surface area contributed by atoms with E-state index in [2.05, 4.69) is 79.8 Å². The molecule has 0 spiro atoms. The number of piperazine rings is 3. The third-order valence-electron chi connectivity index (χ3n) is 19.9. The van der Waals surface area contributed by atoms with E-state index >= 15 is 0 Å². The molecule has 3 aliphatic carbocycles. The number of nitrogens with zero attached hydrogens (tertiary/aromatic N) is 17. The number of aromatic nitrogens is 12. The van der Waals surface area contributed by atoms with Gasteiger partial charge in [-0.3, -0.25) is 9.80 Å². The molecule has 0 radical (unpaired) electrons. The molecule has 0 amide bonds. The number of nitrogens with one attached hydrogen (secondary N) is 3. The van der Waals surface area contributed by atoms with Gasteiger partial charge in [0, 0.05) is 174 Å². The summed E-state index contributed by atoms with van der Waals surface area (Å²) in [6, 6.07) is 14.6. The van der Waals surface area contributed by atoms with Crippen LogP contribution >= 0.6 is 0 Å². The van der Waals surface area contributed by atoms with Crippen molar-refractivity contribution in [1.82, 2.24) is 74.4 Å². The minimum Gasteiger partial charge on any atom is -0.351 e. The van der Waals surface area contributed by atoms with Gasteiger partial charge in [0.2, 0.25) is 39.5 Å². The summed E-state index contributed by atoms with van der Waals surface area (Å²) >= 11 is 0. The molecule has 6 saturated heterocycles. The number of hydrogen-bond donors (Lipinski definition) is 4. The summed E-state index contributed by atoms with van der Waals surface area (Å²) in [4.78, 5) is 39.3. The number of halogens is 6. The van der Waals surface area contributed by atoms with Crippen molar-refractivity contribution in [2.75, 3.05) is 85.0 Å². The first kappa shape index (κ1) is 66.3. The van der Waals surface area contributed by atoms with Crippen LogP contribution in [-0.4, -0.2) is 209 Å². The predicted octanol–water partition coefficient (Wildman–Crippen LogP) is 8.08. The van der Waals surface area contributed by atoms with Crippen molar-refractivity contribution in [1.29, 1.82) is 0 Å². The molecule has 6 aliphatic heterocycles. The highest BCUT2D eigenvalue weighted by atomic mass is 32.2. The number of aryl methyl sites for hydroxylation is 6. The number of nitrogens with two attached hydrogens (primary N) is 1. The van der Waals surface area contributed by atoms with Crippen LogP contribution in [0.4, 0.5) is 55.7 Å². The molecule has 0 aromatic carbocycles. The Kier molecular flexibility index (Phi) is 18.6. The monoisotopic (exact) mass is 1320 g/mol. The molecule has 0 unspecified atom stereocenters. The molecule has 6 atom stereocenters. The number of likely N-dealkylation sites (N-methyl/N-ethyl adjacent to an activating group) is 2. The standard InChI is InChI=1S/C21H29F2N7.C20H27F2N7.C16H22N6O2S.C6H11F2N/c1-13-8-14(2)30(27-13)19-10-18(29-12-16-9-17(29)11-28(16)3)25-20(26-19)24-15-4-6-21(22,23)7-5-15;1-12-7-13(2)29(27-12)18-9-17(28-11-15-8-16(28)10-23-15)25-19(26-18)24-14-3-5-20(21,22)6-4-14;1-10-5-11(2)22(19-10)15-7-14(17-16(18-15)25(4,23)24)21-9-12-6-13(21)8-20(12)3;7-6(8)3-1-5(9)2-4-6/h8,10,15-17H,4-7,9,11-12H2,1-3H3,(H,24,25,26);7,9,14-16,23H,3-6,8,10-11H2,1-2H3,(H,24,25,26);5,7,12-13H,6,8-9H2,1-4H3;5H,1-4,9H2/t16-,17-;15-,16-;12-,13-;/m111./s1. The summed E-state index contributed by atoms with van der Waals surface area (Å²) in [5.74, 6) is -2.17. The summed E-state index contributed by atoms with van der Waals surface area (Å²) in [6.45, 7) is 17.4. The number of alkyl halides is 6. The lowest BCUT2D eigenvalue weighted by Crippen LogP contribution is -2.45. The first-order chi connectivity index (χ1) is 44.0. The summed E-state index contributed by atoms with van der Waals surface area (Å²) in [6.07, 6.45) is 6.77. The Hall–Kier alpha value is -6.76. The van der Waals surface area contributed by atoms with Crippen LogP contribution < -0.4 is 36.4 Å². The molecule has 6 aromatic heterocycles. The lowest BCUT2D eigenvalue weighted by molar-refractivity contribution is -0.0378. The fourth-order valence-electron chi connectivity index (χ4n) is 14.8. The van der Waals surface area contributed by atoms with Gasteiger partial charge in [0.15, 0.2) is 17.5 Å². The zero-order valence-corrected chi connectivity index (χ0v) is 55.5. The topological polar surface area (TPSA) is 243 Å². The molecule has 93 heavy (non-hydrogen) atoms. The lowest BCUT2D eigenvalue weighted by Gasteiger charge is -2.33. The Morgan fingerprint density at radius 3 is 1.14 bits per heavy atom. The Morgan fingerprint density at radius 1 is 0.473 bits per heavy atom. The summed E-state index contributed by atoms with van der Waals surface area (Å²) < 4.78 is 108. The van der Waals surface area contributed by atoms with Crippen LogP contribution in [0.5, 0.6) is 0 Å². The quantitative estimate of drug-likeness (QED) is 0.0707. The van der Waals surface area contributed by atoms with Crippen LogP contribution in [0.2, 0.25) is 0 Å². The molecule has 9 aliphatic rings. The Labute approximate surface area is 540 Å². The van der Waals surface area contributed by atoms with E-state index < -0.39 is 27.6 Å². The highest BCUT2D eigenvalue weighted by Crippen LogP contribution is 2.39. The van der Waals surface area contributed by atoms with E-state index in [-0.39, 0.29) is 61.8 Å². The fourth-order valence-corrected chi connectivity index (χ4v) is 15.3. The highest BCUT2D eigenvalue weighted by Gasteiger charge is 2.45. The maximum absolute atomic E-state index is 13.6. The number of hydrogen-bond acceptors (Lipinski definition) is 20. The average Bonchev–Trinajstić information content (AvgIpc) is 1.68. The minimum absolute atomic E-state index is 0.0182. The zero-order chi connectivity index (χ0) is 66.1. The van der Waals surface area contributed by atoms with Gasteiger partial charge in [-0.15, -0.1) is 0 Å². The van der Waals surface area contributed by atoms with Crippen LogP contribution in [0.25, 0.3) is 17.5 Å². The van der Waals surface area contributed by atoms with Gasteiger partial charge in [-0.2, -0.15) is 40.2 Å². The fraction of sp³-hybridized carbons (Fsp3) is 0.667. The van der Waals surface area contributed by atoms with E-state index in [1.54, 1.807) is 4.68 Å². The van der Waals surface area contributed by atoms with Gasteiger partial charge < -0.3 is 36.4 Å². The third-order valence-corrected chi connectivity index (χ3v) is 20.8. The number of rotatable bonds is 11. The van der Waals surface area contributed by atoms with Crippen molar-refractivity contribution in [3.05, 3.63) is 70.6 Å². The Bertz CT molecular complexity index is 3740.